The monoisotopic (exact) mass is 427 g/mol. The zero-order chi connectivity index (χ0) is 20.1. The molecule has 1 aliphatic rings. The van der Waals surface area contributed by atoms with Gasteiger partial charge >= 0.3 is 0 Å². The summed E-state index contributed by atoms with van der Waals surface area (Å²) in [6, 6.07) is 11.7. The molecule has 1 saturated heterocycles. The minimum Gasteiger partial charge on any atom is -0.497 e. The van der Waals surface area contributed by atoms with Gasteiger partial charge in [0.15, 0.2) is 5.13 Å². The zero-order valence-corrected chi connectivity index (χ0v) is 18.2. The Kier molecular flexibility index (Phi) is 6.59. The average molecular weight is 428 g/mol. The van der Waals surface area contributed by atoms with Crippen molar-refractivity contribution in [2.75, 3.05) is 38.2 Å². The first-order valence-electron chi connectivity index (χ1n) is 9.92. The van der Waals surface area contributed by atoms with Crippen molar-refractivity contribution >= 4 is 33.7 Å². The SMILES string of the molecule is COc1ccc(-c2csc(N(CCCN3CCCC3)C(=O)c3cccs3)n2)cc1. The first-order valence-corrected chi connectivity index (χ1v) is 11.7. The molecule has 0 bridgehead atoms. The molecule has 0 unspecified atom stereocenters. The van der Waals surface area contributed by atoms with Crippen molar-refractivity contribution in [3.05, 3.63) is 52.0 Å². The van der Waals surface area contributed by atoms with Crippen molar-refractivity contribution in [2.45, 2.75) is 19.3 Å². The Morgan fingerprint density at radius 2 is 1.97 bits per heavy atom. The van der Waals surface area contributed by atoms with Gasteiger partial charge in [0, 0.05) is 17.5 Å². The third-order valence-electron chi connectivity index (χ3n) is 5.14. The number of anilines is 1. The summed E-state index contributed by atoms with van der Waals surface area (Å²) in [4.78, 5) is 23.0. The Bertz CT molecular complexity index is 916. The summed E-state index contributed by atoms with van der Waals surface area (Å²) >= 11 is 3.01. The third-order valence-corrected chi connectivity index (χ3v) is 6.86. The third kappa shape index (κ3) is 4.86. The van der Waals surface area contributed by atoms with Crippen LogP contribution in [-0.4, -0.2) is 49.1 Å². The van der Waals surface area contributed by atoms with Crippen molar-refractivity contribution in [2.24, 2.45) is 0 Å². The number of carbonyl (C=O) groups excluding carboxylic acids is 1. The van der Waals surface area contributed by atoms with Crippen molar-refractivity contribution < 1.29 is 9.53 Å². The summed E-state index contributed by atoms with van der Waals surface area (Å²) in [6.45, 7) is 4.07. The molecule has 0 saturated carbocycles. The second-order valence-electron chi connectivity index (χ2n) is 7.08. The number of likely N-dealkylation sites (tertiary alicyclic amines) is 1. The van der Waals surface area contributed by atoms with Gasteiger partial charge in [-0.25, -0.2) is 4.98 Å². The lowest BCUT2D eigenvalue weighted by Crippen LogP contribution is -2.33. The molecule has 0 atom stereocenters. The van der Waals surface area contributed by atoms with Gasteiger partial charge in [0.05, 0.1) is 17.7 Å². The number of carbonyl (C=O) groups is 1. The van der Waals surface area contributed by atoms with Gasteiger partial charge in [-0.05, 0) is 74.6 Å². The molecular weight excluding hydrogens is 402 g/mol. The Balaban J connectivity index is 1.51. The lowest BCUT2D eigenvalue weighted by atomic mass is 10.2. The Morgan fingerprint density at radius 3 is 2.66 bits per heavy atom. The van der Waals surface area contributed by atoms with Gasteiger partial charge in [0.25, 0.3) is 5.91 Å². The molecule has 0 aliphatic carbocycles. The van der Waals surface area contributed by atoms with E-state index in [1.165, 1.54) is 48.6 Å². The molecule has 1 amide bonds. The molecule has 29 heavy (non-hydrogen) atoms. The Hall–Kier alpha value is -2.22. The molecule has 0 radical (unpaired) electrons. The zero-order valence-electron chi connectivity index (χ0n) is 16.5. The van der Waals surface area contributed by atoms with E-state index in [0.717, 1.165) is 40.0 Å². The summed E-state index contributed by atoms with van der Waals surface area (Å²) < 4.78 is 5.23. The smallest absolute Gasteiger partial charge is 0.270 e. The van der Waals surface area contributed by atoms with Crippen LogP contribution in [0, 0.1) is 0 Å². The lowest BCUT2D eigenvalue weighted by molar-refractivity contribution is 0.0989. The number of amides is 1. The van der Waals surface area contributed by atoms with E-state index in [-0.39, 0.29) is 5.91 Å². The number of methoxy groups -OCH3 is 1. The summed E-state index contributed by atoms with van der Waals surface area (Å²) in [6.07, 6.45) is 3.53. The van der Waals surface area contributed by atoms with Crippen molar-refractivity contribution in [3.63, 3.8) is 0 Å². The lowest BCUT2D eigenvalue weighted by Gasteiger charge is -2.21. The predicted molar refractivity (Wildman–Crippen MR) is 120 cm³/mol. The maximum atomic E-state index is 13.1. The normalized spacial score (nSPS) is 14.2. The number of hydrogen-bond donors (Lipinski definition) is 0. The number of thiophene rings is 1. The van der Waals surface area contributed by atoms with Gasteiger partial charge in [-0.15, -0.1) is 22.7 Å². The molecule has 3 aromatic rings. The van der Waals surface area contributed by atoms with Crippen LogP contribution in [0.4, 0.5) is 5.13 Å². The van der Waals surface area contributed by atoms with Gasteiger partial charge in [0.2, 0.25) is 0 Å². The minimum atomic E-state index is 0.0389. The molecule has 1 fully saturated rings. The highest BCUT2D eigenvalue weighted by Gasteiger charge is 2.22. The molecular formula is C22H25N3O2S2. The largest absolute Gasteiger partial charge is 0.497 e. The topological polar surface area (TPSA) is 45.7 Å². The van der Waals surface area contributed by atoms with Crippen LogP contribution in [0.2, 0.25) is 0 Å². The van der Waals surface area contributed by atoms with E-state index in [2.05, 4.69) is 4.90 Å². The van der Waals surface area contributed by atoms with Gasteiger partial charge in [-0.3, -0.25) is 9.69 Å². The van der Waals surface area contributed by atoms with Crippen molar-refractivity contribution in [1.29, 1.82) is 0 Å². The minimum absolute atomic E-state index is 0.0389. The molecule has 0 N–H and O–H groups in total. The van der Waals surface area contributed by atoms with Crippen molar-refractivity contribution in [3.8, 4) is 17.0 Å². The molecule has 152 valence electrons. The van der Waals surface area contributed by atoms with Crippen LogP contribution < -0.4 is 9.64 Å². The van der Waals surface area contributed by atoms with Crippen LogP contribution >= 0.6 is 22.7 Å². The van der Waals surface area contributed by atoms with E-state index in [1.807, 2.05) is 52.1 Å². The number of ether oxygens (including phenoxy) is 1. The van der Waals surface area contributed by atoms with Gasteiger partial charge in [-0.2, -0.15) is 0 Å². The number of aromatic nitrogens is 1. The van der Waals surface area contributed by atoms with Crippen LogP contribution in [0.5, 0.6) is 5.75 Å². The molecule has 5 nitrogen and oxygen atoms in total. The van der Waals surface area contributed by atoms with E-state index in [4.69, 9.17) is 9.72 Å². The van der Waals surface area contributed by atoms with Crippen LogP contribution in [-0.2, 0) is 0 Å². The summed E-state index contributed by atoms with van der Waals surface area (Å²) in [5, 5.41) is 4.72. The first kappa shape index (κ1) is 20.1. The van der Waals surface area contributed by atoms with E-state index >= 15 is 0 Å². The molecule has 1 aromatic carbocycles. The maximum absolute atomic E-state index is 13.1. The van der Waals surface area contributed by atoms with Gasteiger partial charge in [-0.1, -0.05) is 6.07 Å². The predicted octanol–water partition coefficient (Wildman–Crippen LogP) is 5.01. The highest BCUT2D eigenvalue weighted by Crippen LogP contribution is 2.30. The number of rotatable bonds is 8. The van der Waals surface area contributed by atoms with E-state index in [0.29, 0.717) is 6.54 Å². The number of nitrogens with zero attached hydrogens (tertiary/aromatic N) is 3. The number of hydrogen-bond acceptors (Lipinski definition) is 6. The fourth-order valence-corrected chi connectivity index (χ4v) is 5.09. The van der Waals surface area contributed by atoms with E-state index in [1.54, 1.807) is 7.11 Å². The van der Waals surface area contributed by atoms with Crippen LogP contribution in [0.3, 0.4) is 0 Å². The van der Waals surface area contributed by atoms with Crippen molar-refractivity contribution in [1.82, 2.24) is 9.88 Å². The van der Waals surface area contributed by atoms with Gasteiger partial charge in [0.1, 0.15) is 5.75 Å². The van der Waals surface area contributed by atoms with Crippen LogP contribution in [0.25, 0.3) is 11.3 Å². The summed E-state index contributed by atoms with van der Waals surface area (Å²) in [5.74, 6) is 0.859. The molecule has 3 heterocycles. The van der Waals surface area contributed by atoms with Crippen LogP contribution in [0.1, 0.15) is 28.9 Å². The van der Waals surface area contributed by atoms with Gasteiger partial charge < -0.3 is 9.64 Å². The first-order chi connectivity index (χ1) is 14.2. The molecule has 1 aliphatic heterocycles. The van der Waals surface area contributed by atoms with E-state index in [9.17, 15) is 4.79 Å². The fourth-order valence-electron chi connectivity index (χ4n) is 3.56. The quantitative estimate of drug-likeness (QED) is 0.507. The maximum Gasteiger partial charge on any atom is 0.270 e. The van der Waals surface area contributed by atoms with Crippen LogP contribution in [0.15, 0.2) is 47.2 Å². The molecule has 7 heteroatoms. The number of benzene rings is 1. The second-order valence-corrected chi connectivity index (χ2v) is 8.86. The second kappa shape index (κ2) is 9.52. The summed E-state index contributed by atoms with van der Waals surface area (Å²) in [5.41, 5.74) is 1.91. The highest BCUT2D eigenvalue weighted by atomic mass is 32.1. The molecule has 2 aromatic heterocycles. The number of thiazole rings is 1. The highest BCUT2D eigenvalue weighted by molar-refractivity contribution is 7.14. The standard InChI is InChI=1S/C22H25N3O2S2/c1-27-18-9-7-17(8-10-18)19-16-29-22(23-19)25(21(26)20-6-4-15-28-20)14-5-13-24-11-2-3-12-24/h4,6-10,15-16H,2-3,5,11-14H2,1H3. The molecule has 4 rings (SSSR count). The Morgan fingerprint density at radius 1 is 1.17 bits per heavy atom. The molecule has 0 spiro atoms. The summed E-state index contributed by atoms with van der Waals surface area (Å²) in [7, 11) is 1.66. The Labute approximate surface area is 179 Å². The van der Waals surface area contributed by atoms with E-state index < -0.39 is 0 Å². The average Bonchev–Trinajstić information content (AvgIpc) is 3.53. The fraction of sp³-hybridized carbons (Fsp3) is 0.364.